The third-order valence-electron chi connectivity index (χ3n) is 7.38. The topological polar surface area (TPSA) is 100 Å². The Labute approximate surface area is 213 Å². The van der Waals surface area contributed by atoms with Gasteiger partial charge in [-0.15, -0.1) is 11.3 Å². The summed E-state index contributed by atoms with van der Waals surface area (Å²) in [5, 5.41) is 17.0. The Hall–Kier alpha value is -3.96. The van der Waals surface area contributed by atoms with Gasteiger partial charge in [0.05, 0.1) is 29.3 Å². The molecule has 2 aliphatic rings. The van der Waals surface area contributed by atoms with Crippen molar-refractivity contribution in [1.29, 1.82) is 5.26 Å². The summed E-state index contributed by atoms with van der Waals surface area (Å²) < 4.78 is 2.07. The number of guanidine groups is 1. The molecule has 2 N–H and O–H groups in total. The molecule has 0 bridgehead atoms. The zero-order chi connectivity index (χ0) is 25.0. The van der Waals surface area contributed by atoms with Gasteiger partial charge in [0.15, 0.2) is 5.96 Å². The Kier molecular flexibility index (Phi) is 5.20. The van der Waals surface area contributed by atoms with Crippen LogP contribution in [0, 0.1) is 17.2 Å². The molecule has 8 heteroatoms. The van der Waals surface area contributed by atoms with Crippen molar-refractivity contribution >= 4 is 34.1 Å². The standard InChI is InChI=1S/C28H26N6OS/c1-28(24-12-22(16-36-24)19-5-3-4-18(10-19)13-29)25(26(35)33(2)27(30)32-28)20-8-9-23-21(11-20)14-31-34(23)15-17-6-7-17/h3-5,8-12,14,16-17,25H,6-7,15H2,1-2H3,(H2,30,32)/t25-,28-/m1/s1. The number of nitrogens with two attached hydrogens (primary N) is 1. The van der Waals surface area contributed by atoms with E-state index in [4.69, 9.17) is 10.7 Å². The van der Waals surface area contributed by atoms with Crippen LogP contribution in [0.25, 0.3) is 22.0 Å². The average Bonchev–Trinajstić information content (AvgIpc) is 3.39. The smallest absolute Gasteiger partial charge is 0.239 e. The summed E-state index contributed by atoms with van der Waals surface area (Å²) in [6, 6.07) is 18.0. The van der Waals surface area contributed by atoms with Gasteiger partial charge in [-0.2, -0.15) is 10.4 Å². The zero-order valence-electron chi connectivity index (χ0n) is 20.2. The highest BCUT2D eigenvalue weighted by Crippen LogP contribution is 2.47. The van der Waals surface area contributed by atoms with Gasteiger partial charge in [0.25, 0.3) is 0 Å². The Balaban J connectivity index is 1.43. The monoisotopic (exact) mass is 494 g/mol. The first-order valence-electron chi connectivity index (χ1n) is 12.1. The number of benzene rings is 2. The van der Waals surface area contributed by atoms with Crippen LogP contribution in [0.1, 0.15) is 41.7 Å². The van der Waals surface area contributed by atoms with Crippen LogP contribution in [0.15, 0.2) is 65.1 Å². The van der Waals surface area contributed by atoms with Crippen LogP contribution in [-0.4, -0.2) is 33.6 Å². The molecule has 36 heavy (non-hydrogen) atoms. The second-order valence-electron chi connectivity index (χ2n) is 9.93. The Morgan fingerprint density at radius 2 is 2.03 bits per heavy atom. The van der Waals surface area contributed by atoms with Crippen molar-refractivity contribution in [3.05, 3.63) is 76.1 Å². The van der Waals surface area contributed by atoms with Crippen LogP contribution in [0.5, 0.6) is 0 Å². The van der Waals surface area contributed by atoms with E-state index >= 15 is 0 Å². The largest absolute Gasteiger partial charge is 0.369 e. The van der Waals surface area contributed by atoms with Gasteiger partial charge in [-0.25, -0.2) is 4.99 Å². The van der Waals surface area contributed by atoms with Crippen LogP contribution in [-0.2, 0) is 16.9 Å². The predicted octanol–water partition coefficient (Wildman–Crippen LogP) is 4.83. The van der Waals surface area contributed by atoms with Crippen molar-refractivity contribution in [2.24, 2.45) is 16.6 Å². The second kappa shape index (κ2) is 8.32. The molecule has 1 aliphatic heterocycles. The molecular weight excluding hydrogens is 468 g/mol. The summed E-state index contributed by atoms with van der Waals surface area (Å²) in [4.78, 5) is 21.0. The molecule has 1 saturated carbocycles. The zero-order valence-corrected chi connectivity index (χ0v) is 21.0. The summed E-state index contributed by atoms with van der Waals surface area (Å²) in [5.41, 5.74) is 9.89. The van der Waals surface area contributed by atoms with Gasteiger partial charge in [-0.1, -0.05) is 18.2 Å². The molecular formula is C28H26N6OS. The van der Waals surface area contributed by atoms with Gasteiger partial charge in [-0.3, -0.25) is 14.4 Å². The molecule has 1 fully saturated rings. The van der Waals surface area contributed by atoms with Gasteiger partial charge in [0.1, 0.15) is 5.54 Å². The van der Waals surface area contributed by atoms with Crippen LogP contribution >= 0.6 is 11.3 Å². The van der Waals surface area contributed by atoms with E-state index in [9.17, 15) is 10.1 Å². The molecule has 3 heterocycles. The fourth-order valence-electron chi connectivity index (χ4n) is 5.09. The van der Waals surface area contributed by atoms with E-state index in [0.717, 1.165) is 44.9 Å². The molecule has 2 aromatic carbocycles. The number of fused-ring (bicyclic) bond motifs is 1. The summed E-state index contributed by atoms with van der Waals surface area (Å²) in [6.07, 6.45) is 4.42. The van der Waals surface area contributed by atoms with Crippen molar-refractivity contribution in [3.63, 3.8) is 0 Å². The fraction of sp³-hybridized carbons (Fsp3) is 0.286. The molecule has 2 aromatic heterocycles. The summed E-state index contributed by atoms with van der Waals surface area (Å²) >= 11 is 1.56. The lowest BCUT2D eigenvalue weighted by molar-refractivity contribution is -0.130. The quantitative estimate of drug-likeness (QED) is 0.429. The number of amides is 1. The van der Waals surface area contributed by atoms with Gasteiger partial charge in [0.2, 0.25) is 5.91 Å². The molecule has 0 saturated heterocycles. The minimum Gasteiger partial charge on any atom is -0.369 e. The molecule has 0 unspecified atom stereocenters. The first-order chi connectivity index (χ1) is 17.4. The summed E-state index contributed by atoms with van der Waals surface area (Å²) in [7, 11) is 1.67. The van der Waals surface area contributed by atoms with E-state index < -0.39 is 11.5 Å². The fourth-order valence-corrected chi connectivity index (χ4v) is 6.14. The van der Waals surface area contributed by atoms with Crippen molar-refractivity contribution in [2.45, 2.75) is 37.8 Å². The van der Waals surface area contributed by atoms with E-state index in [-0.39, 0.29) is 11.9 Å². The predicted molar refractivity (Wildman–Crippen MR) is 141 cm³/mol. The van der Waals surface area contributed by atoms with Crippen LogP contribution in [0.4, 0.5) is 0 Å². The number of nitriles is 1. The van der Waals surface area contributed by atoms with Crippen LogP contribution in [0.2, 0.25) is 0 Å². The van der Waals surface area contributed by atoms with Crippen LogP contribution in [0.3, 0.4) is 0 Å². The lowest BCUT2D eigenvalue weighted by Crippen LogP contribution is -2.52. The third-order valence-corrected chi connectivity index (χ3v) is 8.54. The molecule has 2 atom stereocenters. The van der Waals surface area contributed by atoms with Crippen molar-refractivity contribution in [2.75, 3.05) is 7.05 Å². The number of aromatic nitrogens is 2. The maximum atomic E-state index is 13.7. The number of hydrogen-bond donors (Lipinski definition) is 1. The van der Waals surface area contributed by atoms with Gasteiger partial charge in [0, 0.05) is 23.9 Å². The minimum absolute atomic E-state index is 0.0869. The number of aliphatic imine (C=N–C) groups is 1. The molecule has 0 spiro atoms. The Bertz CT molecular complexity index is 1570. The normalized spacial score (nSPS) is 22.0. The average molecular weight is 495 g/mol. The van der Waals surface area contributed by atoms with Gasteiger partial charge in [-0.05, 0) is 78.1 Å². The summed E-state index contributed by atoms with van der Waals surface area (Å²) in [6.45, 7) is 2.93. The minimum atomic E-state index is -0.874. The number of thiophene rings is 1. The SMILES string of the molecule is CN1C(=O)[C@@H](c2ccc3c(cnn3CC3CC3)c2)[C@@](C)(c2cc(-c3cccc(C#N)c3)cs2)N=C1N. The number of rotatable bonds is 5. The number of carbonyl (C=O) groups excluding carboxylic acids is 1. The highest BCUT2D eigenvalue weighted by atomic mass is 32.1. The van der Waals surface area contributed by atoms with Crippen molar-refractivity contribution in [3.8, 4) is 17.2 Å². The first kappa shape index (κ1) is 22.5. The summed E-state index contributed by atoms with van der Waals surface area (Å²) in [5.74, 6) is 0.307. The molecule has 1 aliphatic carbocycles. The number of nitrogens with zero attached hydrogens (tertiary/aromatic N) is 5. The molecule has 6 rings (SSSR count). The van der Waals surface area contributed by atoms with E-state index in [2.05, 4.69) is 34.0 Å². The van der Waals surface area contributed by atoms with Gasteiger partial charge >= 0.3 is 0 Å². The Morgan fingerprint density at radius 3 is 2.81 bits per heavy atom. The molecule has 7 nitrogen and oxygen atoms in total. The lowest BCUT2D eigenvalue weighted by atomic mass is 9.77. The second-order valence-corrected chi connectivity index (χ2v) is 10.8. The maximum absolute atomic E-state index is 13.7. The maximum Gasteiger partial charge on any atom is 0.239 e. The Morgan fingerprint density at radius 1 is 1.19 bits per heavy atom. The lowest BCUT2D eigenvalue weighted by Gasteiger charge is -2.40. The highest BCUT2D eigenvalue weighted by molar-refractivity contribution is 7.10. The van der Waals surface area contributed by atoms with E-state index in [1.54, 1.807) is 24.5 Å². The van der Waals surface area contributed by atoms with Gasteiger partial charge < -0.3 is 5.73 Å². The van der Waals surface area contributed by atoms with E-state index in [1.165, 1.54) is 17.7 Å². The molecule has 180 valence electrons. The van der Waals surface area contributed by atoms with Crippen molar-refractivity contribution in [1.82, 2.24) is 14.7 Å². The number of hydrogen-bond acceptors (Lipinski definition) is 6. The van der Waals surface area contributed by atoms with E-state index in [1.807, 2.05) is 42.8 Å². The highest BCUT2D eigenvalue weighted by Gasteiger charge is 2.48. The number of likely N-dealkylation sites (N-methyl/N-ethyl adjacent to an activating group) is 1. The van der Waals surface area contributed by atoms with Crippen molar-refractivity contribution < 1.29 is 4.79 Å². The number of carbonyl (C=O) groups is 1. The van der Waals surface area contributed by atoms with E-state index in [0.29, 0.717) is 5.56 Å². The molecule has 0 radical (unpaired) electrons. The van der Waals surface area contributed by atoms with Crippen LogP contribution < -0.4 is 5.73 Å². The molecule has 1 amide bonds. The molecule has 4 aromatic rings. The first-order valence-corrected chi connectivity index (χ1v) is 12.9. The third kappa shape index (κ3) is 3.67.